The monoisotopic (exact) mass is 237 g/mol. The number of amides is 1. The van der Waals surface area contributed by atoms with Crippen molar-refractivity contribution in [1.82, 2.24) is 0 Å². The summed E-state index contributed by atoms with van der Waals surface area (Å²) >= 11 is 0. The third-order valence-corrected chi connectivity index (χ3v) is 2.91. The molecule has 1 aromatic carbocycles. The number of aliphatic hydroxyl groups is 1. The number of methoxy groups -OCH3 is 1. The minimum absolute atomic E-state index is 0.0571. The van der Waals surface area contributed by atoms with Gasteiger partial charge in [0.25, 0.3) is 0 Å². The van der Waals surface area contributed by atoms with Crippen molar-refractivity contribution in [1.29, 1.82) is 0 Å². The van der Waals surface area contributed by atoms with Crippen LogP contribution in [0.4, 0.5) is 5.69 Å². The van der Waals surface area contributed by atoms with Gasteiger partial charge in [0.05, 0.1) is 13.7 Å². The fourth-order valence-corrected chi connectivity index (χ4v) is 2.00. The van der Waals surface area contributed by atoms with Crippen LogP contribution in [0, 0.1) is 0 Å². The van der Waals surface area contributed by atoms with Crippen molar-refractivity contribution in [2.45, 2.75) is 19.4 Å². The standard InChI is InChI=1S/C12H15NO4/c1-17-10-6-9(5-8(7-14)12(10)16)13-4-2-3-11(13)15/h5-6,14,16H,2-4,7H2,1H3. The maximum absolute atomic E-state index is 11.6. The number of aromatic hydroxyl groups is 1. The minimum Gasteiger partial charge on any atom is -0.504 e. The van der Waals surface area contributed by atoms with Crippen LogP contribution in [0.3, 0.4) is 0 Å². The van der Waals surface area contributed by atoms with Gasteiger partial charge in [-0.15, -0.1) is 0 Å². The molecule has 1 aliphatic heterocycles. The molecule has 1 aliphatic rings. The summed E-state index contributed by atoms with van der Waals surface area (Å²) in [5, 5.41) is 18.9. The summed E-state index contributed by atoms with van der Waals surface area (Å²) in [6, 6.07) is 3.22. The summed E-state index contributed by atoms with van der Waals surface area (Å²) in [5.74, 6) is 0.248. The van der Waals surface area contributed by atoms with Gasteiger partial charge in [-0.1, -0.05) is 0 Å². The van der Waals surface area contributed by atoms with E-state index in [2.05, 4.69) is 0 Å². The van der Waals surface area contributed by atoms with Crippen LogP contribution in [0.15, 0.2) is 12.1 Å². The SMILES string of the molecule is COc1cc(N2CCCC2=O)cc(CO)c1O. The van der Waals surface area contributed by atoms with Gasteiger partial charge in [-0.05, 0) is 12.5 Å². The molecule has 0 saturated carbocycles. The number of hydrogen-bond acceptors (Lipinski definition) is 4. The minimum atomic E-state index is -0.294. The van der Waals surface area contributed by atoms with Crippen LogP contribution in [0.2, 0.25) is 0 Å². The van der Waals surface area contributed by atoms with Gasteiger partial charge in [0.1, 0.15) is 0 Å². The zero-order valence-electron chi connectivity index (χ0n) is 9.64. The van der Waals surface area contributed by atoms with E-state index in [1.165, 1.54) is 7.11 Å². The molecule has 0 atom stereocenters. The van der Waals surface area contributed by atoms with Gasteiger partial charge in [-0.2, -0.15) is 0 Å². The fraction of sp³-hybridized carbons (Fsp3) is 0.417. The number of ether oxygens (including phenoxy) is 1. The van der Waals surface area contributed by atoms with Crippen molar-refractivity contribution in [3.05, 3.63) is 17.7 Å². The predicted molar refractivity (Wildman–Crippen MR) is 62.2 cm³/mol. The fourth-order valence-electron chi connectivity index (χ4n) is 2.00. The van der Waals surface area contributed by atoms with Crippen molar-refractivity contribution in [3.8, 4) is 11.5 Å². The molecule has 1 heterocycles. The van der Waals surface area contributed by atoms with E-state index in [1.54, 1.807) is 17.0 Å². The summed E-state index contributed by atoms with van der Waals surface area (Å²) in [7, 11) is 1.44. The van der Waals surface area contributed by atoms with Crippen LogP contribution in [-0.2, 0) is 11.4 Å². The number of carbonyl (C=O) groups is 1. The molecule has 0 bridgehead atoms. The molecule has 0 spiro atoms. The molecular weight excluding hydrogens is 222 g/mol. The van der Waals surface area contributed by atoms with E-state index in [0.29, 0.717) is 24.2 Å². The molecule has 0 radical (unpaired) electrons. The van der Waals surface area contributed by atoms with Crippen molar-refractivity contribution in [2.75, 3.05) is 18.6 Å². The summed E-state index contributed by atoms with van der Waals surface area (Å²) in [6.07, 6.45) is 1.37. The van der Waals surface area contributed by atoms with Gasteiger partial charge < -0.3 is 19.8 Å². The van der Waals surface area contributed by atoms with E-state index < -0.39 is 0 Å². The van der Waals surface area contributed by atoms with Gasteiger partial charge in [0.15, 0.2) is 11.5 Å². The second-order valence-electron chi connectivity index (χ2n) is 3.96. The third kappa shape index (κ3) is 2.06. The lowest BCUT2D eigenvalue weighted by Gasteiger charge is -2.18. The number of hydrogen-bond donors (Lipinski definition) is 2. The summed E-state index contributed by atoms with van der Waals surface area (Å²) in [6.45, 7) is 0.371. The maximum Gasteiger partial charge on any atom is 0.227 e. The molecule has 17 heavy (non-hydrogen) atoms. The third-order valence-electron chi connectivity index (χ3n) is 2.91. The second kappa shape index (κ2) is 4.63. The molecule has 2 N–H and O–H groups in total. The molecule has 0 aliphatic carbocycles. The largest absolute Gasteiger partial charge is 0.504 e. The zero-order valence-corrected chi connectivity index (χ0v) is 9.64. The van der Waals surface area contributed by atoms with E-state index >= 15 is 0 Å². The Bertz CT molecular complexity index is 419. The highest BCUT2D eigenvalue weighted by Crippen LogP contribution is 2.36. The number of carbonyl (C=O) groups excluding carboxylic acids is 1. The lowest BCUT2D eigenvalue weighted by molar-refractivity contribution is -0.117. The van der Waals surface area contributed by atoms with Crippen LogP contribution >= 0.6 is 0 Å². The van der Waals surface area contributed by atoms with Crippen LogP contribution in [-0.4, -0.2) is 29.8 Å². The van der Waals surface area contributed by atoms with E-state index in [0.717, 1.165) is 6.42 Å². The van der Waals surface area contributed by atoms with Crippen LogP contribution in [0.25, 0.3) is 0 Å². The number of rotatable bonds is 3. The smallest absolute Gasteiger partial charge is 0.227 e. The molecule has 92 valence electrons. The molecule has 1 saturated heterocycles. The number of nitrogens with zero attached hydrogens (tertiary/aromatic N) is 1. The van der Waals surface area contributed by atoms with Gasteiger partial charge in [0, 0.05) is 30.3 Å². The molecule has 1 aromatic rings. The van der Waals surface area contributed by atoms with E-state index in [1.807, 2.05) is 0 Å². The van der Waals surface area contributed by atoms with Gasteiger partial charge >= 0.3 is 0 Å². The number of aliphatic hydroxyl groups excluding tert-OH is 1. The second-order valence-corrected chi connectivity index (χ2v) is 3.96. The molecule has 5 heteroatoms. The number of anilines is 1. The maximum atomic E-state index is 11.6. The molecule has 1 amide bonds. The first kappa shape index (κ1) is 11.7. The van der Waals surface area contributed by atoms with Crippen molar-refractivity contribution in [3.63, 3.8) is 0 Å². The Morgan fingerprint density at radius 3 is 2.76 bits per heavy atom. The normalized spacial score (nSPS) is 15.4. The van der Waals surface area contributed by atoms with Crippen molar-refractivity contribution < 1.29 is 19.7 Å². The molecular formula is C12H15NO4. The first-order chi connectivity index (χ1) is 8.17. The molecule has 0 aromatic heterocycles. The molecule has 5 nitrogen and oxygen atoms in total. The van der Waals surface area contributed by atoms with Crippen molar-refractivity contribution in [2.24, 2.45) is 0 Å². The van der Waals surface area contributed by atoms with Gasteiger partial charge in [-0.3, -0.25) is 4.79 Å². The van der Waals surface area contributed by atoms with Crippen LogP contribution in [0.5, 0.6) is 11.5 Å². The summed E-state index contributed by atoms with van der Waals surface area (Å²) < 4.78 is 5.02. The van der Waals surface area contributed by atoms with E-state index in [-0.39, 0.29) is 24.0 Å². The highest BCUT2D eigenvalue weighted by Gasteiger charge is 2.23. The first-order valence-electron chi connectivity index (χ1n) is 5.48. The summed E-state index contributed by atoms with van der Waals surface area (Å²) in [4.78, 5) is 13.3. The topological polar surface area (TPSA) is 70.0 Å². The lowest BCUT2D eigenvalue weighted by Crippen LogP contribution is -2.23. The van der Waals surface area contributed by atoms with Gasteiger partial charge in [-0.25, -0.2) is 0 Å². The molecule has 0 unspecified atom stereocenters. The van der Waals surface area contributed by atoms with Crippen LogP contribution < -0.4 is 9.64 Å². The highest BCUT2D eigenvalue weighted by molar-refractivity contribution is 5.95. The lowest BCUT2D eigenvalue weighted by atomic mass is 10.1. The Morgan fingerprint density at radius 2 is 2.24 bits per heavy atom. The highest BCUT2D eigenvalue weighted by atomic mass is 16.5. The number of phenols is 1. The Morgan fingerprint density at radius 1 is 1.47 bits per heavy atom. The summed E-state index contributed by atoms with van der Waals surface area (Å²) in [5.41, 5.74) is 1.02. The Hall–Kier alpha value is -1.75. The molecule has 1 fully saturated rings. The van der Waals surface area contributed by atoms with Crippen LogP contribution in [0.1, 0.15) is 18.4 Å². The van der Waals surface area contributed by atoms with E-state index in [9.17, 15) is 9.90 Å². The first-order valence-corrected chi connectivity index (χ1v) is 5.48. The predicted octanol–water partition coefficient (Wildman–Crippen LogP) is 1.02. The average molecular weight is 237 g/mol. The average Bonchev–Trinajstić information content (AvgIpc) is 2.76. The van der Waals surface area contributed by atoms with Gasteiger partial charge in [0.2, 0.25) is 5.91 Å². The Labute approximate surface area is 99.2 Å². The number of benzene rings is 1. The zero-order chi connectivity index (χ0) is 12.4. The van der Waals surface area contributed by atoms with Crippen molar-refractivity contribution >= 4 is 11.6 Å². The molecule has 2 rings (SSSR count). The Kier molecular flexibility index (Phi) is 3.19. The van der Waals surface area contributed by atoms with E-state index in [4.69, 9.17) is 9.84 Å². The Balaban J connectivity index is 2.44. The quantitative estimate of drug-likeness (QED) is 0.823.